The molecule has 2 rings (SSSR count). The van der Waals surface area contributed by atoms with E-state index in [1.807, 2.05) is 61.5 Å². The van der Waals surface area contributed by atoms with Gasteiger partial charge in [-0.15, -0.1) is 0 Å². The zero-order valence-corrected chi connectivity index (χ0v) is 13.2. The molecule has 1 aromatic rings. The normalized spacial score (nSPS) is 21.6. The minimum Gasteiger partial charge on any atom is -0.295 e. The summed E-state index contributed by atoms with van der Waals surface area (Å²) in [6, 6.07) is 9.61. The molecule has 1 aliphatic heterocycles. The second kappa shape index (κ2) is 5.62. The molecule has 0 saturated heterocycles. The third-order valence-corrected chi connectivity index (χ3v) is 5.17. The Bertz CT molecular complexity index is 558. The molecule has 1 heterocycles. The van der Waals surface area contributed by atoms with Gasteiger partial charge in [0.05, 0.1) is 10.8 Å². The molecule has 0 amide bonds. The SMILES string of the molecule is CC(=O)C1=CCN([S@@](=O)C(C)(C)C)[C@H]1c1ccccc1. The summed E-state index contributed by atoms with van der Waals surface area (Å²) in [5.41, 5.74) is 1.76. The molecule has 1 aliphatic rings. The first kappa shape index (κ1) is 15.1. The van der Waals surface area contributed by atoms with E-state index in [-0.39, 0.29) is 16.6 Å². The number of ketones is 1. The zero-order chi connectivity index (χ0) is 14.9. The van der Waals surface area contributed by atoms with Gasteiger partial charge in [-0.25, -0.2) is 8.51 Å². The van der Waals surface area contributed by atoms with Crippen molar-refractivity contribution < 1.29 is 9.00 Å². The first-order valence-electron chi connectivity index (χ1n) is 6.77. The molecule has 20 heavy (non-hydrogen) atoms. The Balaban J connectivity index is 2.41. The summed E-state index contributed by atoms with van der Waals surface area (Å²) in [5, 5.41) is 0. The fourth-order valence-electron chi connectivity index (χ4n) is 2.39. The number of hydrogen-bond donors (Lipinski definition) is 0. The first-order chi connectivity index (χ1) is 9.32. The molecule has 0 fully saturated rings. The third kappa shape index (κ3) is 2.91. The van der Waals surface area contributed by atoms with Crippen LogP contribution in [0.5, 0.6) is 0 Å². The molecular formula is C16H21NO2S. The average Bonchev–Trinajstić information content (AvgIpc) is 2.82. The smallest absolute Gasteiger partial charge is 0.157 e. The highest BCUT2D eigenvalue weighted by Crippen LogP contribution is 2.37. The highest BCUT2D eigenvalue weighted by molar-refractivity contribution is 7.84. The van der Waals surface area contributed by atoms with Gasteiger partial charge < -0.3 is 0 Å². The Morgan fingerprint density at radius 2 is 1.85 bits per heavy atom. The lowest BCUT2D eigenvalue weighted by Gasteiger charge is -2.31. The number of carbonyl (C=O) groups excluding carboxylic acids is 1. The van der Waals surface area contributed by atoms with Gasteiger partial charge in [-0.1, -0.05) is 36.4 Å². The number of carbonyl (C=O) groups is 1. The molecule has 0 unspecified atom stereocenters. The summed E-state index contributed by atoms with van der Waals surface area (Å²) in [7, 11) is -1.15. The van der Waals surface area contributed by atoms with Crippen LogP contribution in [-0.2, 0) is 15.8 Å². The van der Waals surface area contributed by atoms with Crippen LogP contribution < -0.4 is 0 Å². The Morgan fingerprint density at radius 1 is 1.25 bits per heavy atom. The van der Waals surface area contributed by atoms with Crippen molar-refractivity contribution in [2.75, 3.05) is 6.54 Å². The fourth-order valence-corrected chi connectivity index (χ4v) is 3.73. The maximum Gasteiger partial charge on any atom is 0.157 e. The molecule has 0 spiro atoms. The van der Waals surface area contributed by atoms with Crippen molar-refractivity contribution in [2.24, 2.45) is 0 Å². The molecule has 0 bridgehead atoms. The zero-order valence-electron chi connectivity index (χ0n) is 12.4. The Morgan fingerprint density at radius 3 is 2.35 bits per heavy atom. The summed E-state index contributed by atoms with van der Waals surface area (Å²) in [6.07, 6.45) is 1.91. The van der Waals surface area contributed by atoms with Crippen molar-refractivity contribution >= 4 is 16.8 Å². The lowest BCUT2D eigenvalue weighted by atomic mass is 9.98. The van der Waals surface area contributed by atoms with Gasteiger partial charge in [-0.3, -0.25) is 4.79 Å². The topological polar surface area (TPSA) is 37.4 Å². The number of rotatable bonds is 3. The second-order valence-corrected chi connectivity index (χ2v) is 8.18. The van der Waals surface area contributed by atoms with Crippen molar-refractivity contribution in [1.29, 1.82) is 0 Å². The third-order valence-electron chi connectivity index (χ3n) is 3.33. The van der Waals surface area contributed by atoms with Gasteiger partial charge in [0.1, 0.15) is 11.0 Å². The highest BCUT2D eigenvalue weighted by Gasteiger charge is 2.38. The molecule has 0 N–H and O–H groups in total. The summed E-state index contributed by atoms with van der Waals surface area (Å²) in [6.45, 7) is 7.99. The maximum absolute atomic E-state index is 12.7. The van der Waals surface area contributed by atoms with Crippen LogP contribution in [-0.4, -0.2) is 25.6 Å². The molecule has 0 aromatic heterocycles. The summed E-state index contributed by atoms with van der Waals surface area (Å²) < 4.78 is 14.3. The molecule has 0 radical (unpaired) electrons. The Kier molecular flexibility index (Phi) is 4.25. The summed E-state index contributed by atoms with van der Waals surface area (Å²) >= 11 is 0. The fraction of sp³-hybridized carbons (Fsp3) is 0.438. The molecule has 1 aromatic carbocycles. The van der Waals surface area contributed by atoms with Crippen molar-refractivity contribution in [3.63, 3.8) is 0 Å². The van der Waals surface area contributed by atoms with E-state index in [4.69, 9.17) is 0 Å². The summed E-state index contributed by atoms with van der Waals surface area (Å²) in [5.74, 6) is 0.0484. The van der Waals surface area contributed by atoms with E-state index in [0.29, 0.717) is 6.54 Å². The molecule has 108 valence electrons. The molecule has 3 nitrogen and oxygen atoms in total. The second-order valence-electron chi connectivity index (χ2n) is 5.99. The lowest BCUT2D eigenvalue weighted by Crippen LogP contribution is -2.38. The minimum atomic E-state index is -1.15. The van der Waals surface area contributed by atoms with Crippen LogP contribution in [0.15, 0.2) is 42.0 Å². The van der Waals surface area contributed by atoms with Gasteiger partial charge in [0.25, 0.3) is 0 Å². The lowest BCUT2D eigenvalue weighted by molar-refractivity contribution is -0.113. The van der Waals surface area contributed by atoms with Crippen LogP contribution in [0.25, 0.3) is 0 Å². The van der Waals surface area contributed by atoms with Crippen LogP contribution in [0.3, 0.4) is 0 Å². The van der Waals surface area contributed by atoms with Crippen LogP contribution in [0.1, 0.15) is 39.3 Å². The van der Waals surface area contributed by atoms with Crippen molar-refractivity contribution in [3.8, 4) is 0 Å². The van der Waals surface area contributed by atoms with Gasteiger partial charge in [-0.2, -0.15) is 0 Å². The van der Waals surface area contributed by atoms with Crippen molar-refractivity contribution in [1.82, 2.24) is 4.31 Å². The van der Waals surface area contributed by atoms with E-state index in [9.17, 15) is 9.00 Å². The minimum absolute atomic E-state index is 0.0484. The Labute approximate surface area is 123 Å². The van der Waals surface area contributed by atoms with Gasteiger partial charge in [0.2, 0.25) is 0 Å². The van der Waals surface area contributed by atoms with Crippen molar-refractivity contribution in [3.05, 3.63) is 47.5 Å². The Hall–Kier alpha value is -1.26. The standard InChI is InChI=1S/C16H21NO2S/c1-12(18)14-10-11-17(20(19)16(2,3)4)15(14)13-8-6-5-7-9-13/h5-10,15H,11H2,1-4H3/t15-,20-/m0/s1. The van der Waals surface area contributed by atoms with E-state index < -0.39 is 11.0 Å². The monoisotopic (exact) mass is 291 g/mol. The number of Topliss-reactive ketones (excluding diaryl/α,β-unsaturated/α-hetero) is 1. The van der Waals surface area contributed by atoms with Gasteiger partial charge in [0, 0.05) is 12.1 Å². The quantitative estimate of drug-likeness (QED) is 0.858. The average molecular weight is 291 g/mol. The number of benzene rings is 1. The van der Waals surface area contributed by atoms with Crippen LogP contribution in [0.2, 0.25) is 0 Å². The van der Waals surface area contributed by atoms with Crippen LogP contribution in [0.4, 0.5) is 0 Å². The van der Waals surface area contributed by atoms with E-state index in [0.717, 1.165) is 11.1 Å². The molecular weight excluding hydrogens is 270 g/mol. The van der Waals surface area contributed by atoms with E-state index in [1.165, 1.54) is 0 Å². The molecule has 0 aliphatic carbocycles. The molecule has 2 atom stereocenters. The number of nitrogens with zero attached hydrogens (tertiary/aromatic N) is 1. The van der Waals surface area contributed by atoms with Crippen LogP contribution in [0, 0.1) is 0 Å². The maximum atomic E-state index is 12.7. The van der Waals surface area contributed by atoms with E-state index in [1.54, 1.807) is 6.92 Å². The predicted molar refractivity (Wildman–Crippen MR) is 82.5 cm³/mol. The van der Waals surface area contributed by atoms with Crippen molar-refractivity contribution in [2.45, 2.75) is 38.5 Å². The highest BCUT2D eigenvalue weighted by atomic mass is 32.2. The largest absolute Gasteiger partial charge is 0.295 e. The molecule has 4 heteroatoms. The van der Waals surface area contributed by atoms with Gasteiger partial charge in [-0.05, 0) is 33.3 Å². The predicted octanol–water partition coefficient (Wildman–Crippen LogP) is 3.02. The van der Waals surface area contributed by atoms with Gasteiger partial charge in [0.15, 0.2) is 5.78 Å². The molecule has 0 saturated carbocycles. The summed E-state index contributed by atoms with van der Waals surface area (Å²) in [4.78, 5) is 11.9. The van der Waals surface area contributed by atoms with Gasteiger partial charge >= 0.3 is 0 Å². The van der Waals surface area contributed by atoms with Crippen LogP contribution >= 0.6 is 0 Å². The first-order valence-corrected chi connectivity index (χ1v) is 7.87. The number of hydrogen-bond acceptors (Lipinski definition) is 2. The van der Waals surface area contributed by atoms with E-state index >= 15 is 0 Å². The van der Waals surface area contributed by atoms with E-state index in [2.05, 4.69) is 0 Å².